The van der Waals surface area contributed by atoms with Crippen molar-refractivity contribution in [2.45, 2.75) is 6.92 Å². The number of nitrogens with zero attached hydrogens (tertiary/aromatic N) is 4. The normalized spacial score (nSPS) is 10.5. The minimum atomic E-state index is 0.655. The van der Waals surface area contributed by atoms with Crippen LogP contribution in [0.5, 0.6) is 0 Å². The van der Waals surface area contributed by atoms with Crippen LogP contribution in [0.4, 0.5) is 0 Å². The van der Waals surface area contributed by atoms with Crippen LogP contribution >= 0.6 is 22.6 Å². The number of halogens is 1. The van der Waals surface area contributed by atoms with Crippen molar-refractivity contribution in [3.63, 3.8) is 0 Å². The van der Waals surface area contributed by atoms with E-state index in [1.165, 1.54) is 6.33 Å². The van der Waals surface area contributed by atoms with E-state index in [-0.39, 0.29) is 0 Å². The second kappa shape index (κ2) is 2.89. The molecular weight excluding hydrogens is 267 g/mol. The summed E-state index contributed by atoms with van der Waals surface area (Å²) in [6.07, 6.45) is 1.50. The van der Waals surface area contributed by atoms with Crippen LogP contribution < -0.4 is 0 Å². The molecule has 0 unspecified atom stereocenters. The van der Waals surface area contributed by atoms with Gasteiger partial charge in [0.1, 0.15) is 10.0 Å². The first-order valence-corrected chi connectivity index (χ1v) is 4.46. The maximum absolute atomic E-state index is 4.07. The number of rotatable bonds is 0. The minimum Gasteiger partial charge on any atom is -0.241 e. The summed E-state index contributed by atoms with van der Waals surface area (Å²) in [7, 11) is 0. The molecule has 0 radical (unpaired) electrons. The molecule has 0 aliphatic carbocycles. The summed E-state index contributed by atoms with van der Waals surface area (Å²) < 4.78 is 0.859. The summed E-state index contributed by atoms with van der Waals surface area (Å²) in [4.78, 5) is 8.06. The molecule has 0 saturated heterocycles. The zero-order chi connectivity index (χ0) is 8.55. The first kappa shape index (κ1) is 7.78. The molecule has 2 heterocycles. The second-order valence-corrected chi connectivity index (χ2v) is 3.47. The monoisotopic (exact) mass is 272 g/mol. The molecule has 0 atom stereocenters. The summed E-state index contributed by atoms with van der Waals surface area (Å²) in [5.74, 6) is 0. The van der Waals surface area contributed by atoms with Crippen molar-refractivity contribution in [2.75, 3.05) is 0 Å². The van der Waals surface area contributed by atoms with Gasteiger partial charge in [0, 0.05) is 5.39 Å². The van der Waals surface area contributed by atoms with Gasteiger partial charge in [-0.25, -0.2) is 9.97 Å². The predicted molar refractivity (Wildman–Crippen MR) is 52.6 cm³/mol. The standard InChI is InChI=1S/C7H5IN4/c1-4-5-2-6(8)11-12-7(5)10-3-9-4/h2-3H,1H3. The lowest BCUT2D eigenvalue weighted by molar-refractivity contribution is 1.00. The van der Waals surface area contributed by atoms with Crippen molar-refractivity contribution in [1.82, 2.24) is 20.2 Å². The summed E-state index contributed by atoms with van der Waals surface area (Å²) in [6.45, 7) is 1.93. The van der Waals surface area contributed by atoms with Gasteiger partial charge in [0.15, 0.2) is 5.65 Å². The molecule has 60 valence electrons. The highest BCUT2D eigenvalue weighted by Crippen LogP contribution is 2.12. The van der Waals surface area contributed by atoms with Gasteiger partial charge in [0.05, 0.1) is 5.69 Å². The first-order valence-electron chi connectivity index (χ1n) is 3.38. The Balaban J connectivity index is 2.88. The number of hydrogen-bond acceptors (Lipinski definition) is 4. The Hall–Kier alpha value is -0.850. The summed E-state index contributed by atoms with van der Waals surface area (Å²) >= 11 is 2.12. The van der Waals surface area contributed by atoms with Crippen LogP contribution in [0.15, 0.2) is 12.4 Å². The molecule has 2 rings (SSSR count). The van der Waals surface area contributed by atoms with Crippen molar-refractivity contribution in [3.8, 4) is 0 Å². The Morgan fingerprint density at radius 1 is 1.25 bits per heavy atom. The number of fused-ring (bicyclic) bond motifs is 1. The van der Waals surface area contributed by atoms with E-state index in [0.717, 1.165) is 14.8 Å². The van der Waals surface area contributed by atoms with Gasteiger partial charge in [0.2, 0.25) is 0 Å². The third-order valence-electron chi connectivity index (χ3n) is 1.57. The Kier molecular flexibility index (Phi) is 1.87. The molecule has 0 bridgehead atoms. The highest BCUT2D eigenvalue weighted by Gasteiger charge is 2.00. The molecule has 0 N–H and O–H groups in total. The fourth-order valence-corrected chi connectivity index (χ4v) is 1.38. The van der Waals surface area contributed by atoms with Crippen LogP contribution in [0, 0.1) is 10.6 Å². The van der Waals surface area contributed by atoms with Crippen molar-refractivity contribution >= 4 is 33.6 Å². The van der Waals surface area contributed by atoms with Crippen LogP contribution in [-0.2, 0) is 0 Å². The average Bonchev–Trinajstić information content (AvgIpc) is 2.07. The molecule has 0 fully saturated rings. The lowest BCUT2D eigenvalue weighted by Gasteiger charge is -1.97. The fourth-order valence-electron chi connectivity index (χ4n) is 0.963. The van der Waals surface area contributed by atoms with Gasteiger partial charge in [-0.1, -0.05) is 0 Å². The van der Waals surface area contributed by atoms with Crippen LogP contribution in [0.25, 0.3) is 11.0 Å². The maximum Gasteiger partial charge on any atom is 0.185 e. The third-order valence-corrected chi connectivity index (χ3v) is 2.09. The van der Waals surface area contributed by atoms with Gasteiger partial charge in [-0.05, 0) is 35.6 Å². The maximum atomic E-state index is 4.07. The molecule has 0 aliphatic heterocycles. The van der Waals surface area contributed by atoms with E-state index in [0.29, 0.717) is 5.65 Å². The predicted octanol–water partition coefficient (Wildman–Crippen LogP) is 1.33. The lowest BCUT2D eigenvalue weighted by Crippen LogP contribution is -1.93. The molecule has 12 heavy (non-hydrogen) atoms. The number of aryl methyl sites for hydroxylation is 1. The zero-order valence-corrected chi connectivity index (χ0v) is 8.48. The molecule has 2 aromatic heterocycles. The largest absolute Gasteiger partial charge is 0.241 e. The van der Waals surface area contributed by atoms with Gasteiger partial charge in [-0.15, -0.1) is 10.2 Å². The molecule has 0 amide bonds. The Bertz CT molecular complexity index is 429. The van der Waals surface area contributed by atoms with E-state index < -0.39 is 0 Å². The third kappa shape index (κ3) is 1.24. The SMILES string of the molecule is Cc1ncnc2nnc(I)cc12. The number of aromatic nitrogens is 4. The van der Waals surface area contributed by atoms with Crippen molar-refractivity contribution in [3.05, 3.63) is 21.8 Å². The molecule has 2 aromatic rings. The Labute approximate surface area is 82.6 Å². The van der Waals surface area contributed by atoms with E-state index in [9.17, 15) is 0 Å². The molecule has 0 spiro atoms. The topological polar surface area (TPSA) is 51.6 Å². The highest BCUT2D eigenvalue weighted by molar-refractivity contribution is 14.1. The van der Waals surface area contributed by atoms with Crippen LogP contribution in [0.2, 0.25) is 0 Å². The van der Waals surface area contributed by atoms with Gasteiger partial charge < -0.3 is 0 Å². The first-order chi connectivity index (χ1) is 5.77. The van der Waals surface area contributed by atoms with Crippen LogP contribution in [0.1, 0.15) is 5.69 Å². The Morgan fingerprint density at radius 2 is 2.08 bits per heavy atom. The summed E-state index contributed by atoms with van der Waals surface area (Å²) in [5.41, 5.74) is 1.59. The average molecular weight is 272 g/mol. The van der Waals surface area contributed by atoms with Crippen LogP contribution in [0.3, 0.4) is 0 Å². The molecular formula is C7H5IN4. The smallest absolute Gasteiger partial charge is 0.185 e. The van der Waals surface area contributed by atoms with Crippen molar-refractivity contribution in [1.29, 1.82) is 0 Å². The minimum absolute atomic E-state index is 0.655. The summed E-state index contributed by atoms with van der Waals surface area (Å²) in [6, 6.07) is 1.93. The van der Waals surface area contributed by atoms with Crippen molar-refractivity contribution < 1.29 is 0 Å². The lowest BCUT2D eigenvalue weighted by atomic mass is 10.3. The molecule has 0 saturated carbocycles. The molecule has 5 heteroatoms. The van der Waals surface area contributed by atoms with E-state index >= 15 is 0 Å². The van der Waals surface area contributed by atoms with E-state index in [2.05, 4.69) is 42.8 Å². The molecule has 0 aromatic carbocycles. The fraction of sp³-hybridized carbons (Fsp3) is 0.143. The van der Waals surface area contributed by atoms with E-state index in [4.69, 9.17) is 0 Å². The molecule has 4 nitrogen and oxygen atoms in total. The highest BCUT2D eigenvalue weighted by atomic mass is 127. The quantitative estimate of drug-likeness (QED) is 0.679. The second-order valence-electron chi connectivity index (χ2n) is 2.36. The zero-order valence-electron chi connectivity index (χ0n) is 6.32. The van der Waals surface area contributed by atoms with Gasteiger partial charge in [0.25, 0.3) is 0 Å². The van der Waals surface area contributed by atoms with Gasteiger partial charge in [-0.3, -0.25) is 0 Å². The summed E-state index contributed by atoms with van der Waals surface area (Å²) in [5, 5.41) is 8.80. The molecule has 0 aliphatic rings. The Morgan fingerprint density at radius 3 is 2.92 bits per heavy atom. The van der Waals surface area contributed by atoms with Gasteiger partial charge in [-0.2, -0.15) is 0 Å². The van der Waals surface area contributed by atoms with E-state index in [1.54, 1.807) is 0 Å². The number of hydrogen-bond donors (Lipinski definition) is 0. The van der Waals surface area contributed by atoms with Gasteiger partial charge >= 0.3 is 0 Å². The van der Waals surface area contributed by atoms with E-state index in [1.807, 2.05) is 13.0 Å². The van der Waals surface area contributed by atoms with Crippen LogP contribution in [-0.4, -0.2) is 20.2 Å². The van der Waals surface area contributed by atoms with Crippen molar-refractivity contribution in [2.24, 2.45) is 0 Å².